The van der Waals surface area contributed by atoms with Gasteiger partial charge in [-0.05, 0) is 54.8 Å². The zero-order chi connectivity index (χ0) is 23.6. The number of halogens is 1. The summed E-state index contributed by atoms with van der Waals surface area (Å²) in [7, 11) is 0. The topological polar surface area (TPSA) is 128 Å². The summed E-state index contributed by atoms with van der Waals surface area (Å²) < 4.78 is 25.3. The molecule has 5 atom stereocenters. The van der Waals surface area contributed by atoms with Gasteiger partial charge in [0.15, 0.2) is 0 Å². The summed E-state index contributed by atoms with van der Waals surface area (Å²) in [6.07, 6.45) is -6.66. The highest BCUT2D eigenvalue weighted by molar-refractivity contribution is 5.73. The molecule has 0 bridgehead atoms. The highest BCUT2D eigenvalue weighted by atomic mass is 19.1. The van der Waals surface area contributed by atoms with Crippen molar-refractivity contribution in [1.82, 2.24) is 5.32 Å². The normalized spacial score (nSPS) is 25.8. The summed E-state index contributed by atoms with van der Waals surface area (Å²) in [4.78, 5) is 11.2. The fourth-order valence-electron chi connectivity index (χ4n) is 3.58. The minimum absolute atomic E-state index is 0.0411. The monoisotopic (exact) mass is 449 g/mol. The van der Waals surface area contributed by atoms with Crippen LogP contribution in [0.2, 0.25) is 0 Å². The molecule has 1 saturated heterocycles. The third kappa shape index (κ3) is 5.25. The standard InChI is InChI=1S/C23H28FNO7/c1-12(26)25-11-18(27)16-8-7-15(10-17(16)13-5-4-6-14(24)9-13)31-22-20(29)19(28)21(30)23(2,3)32-22/h4-10,18-22,27-30H,11H2,1-3H3,(H,25,26)/t18?,19-,20+,21+,22+/m0/s1. The van der Waals surface area contributed by atoms with Crippen LogP contribution in [0.1, 0.15) is 32.4 Å². The van der Waals surface area contributed by atoms with E-state index in [9.17, 15) is 29.6 Å². The Bertz CT molecular complexity index is 967. The Labute approximate surface area is 185 Å². The van der Waals surface area contributed by atoms with Crippen LogP contribution in [0.5, 0.6) is 5.75 Å². The van der Waals surface area contributed by atoms with Gasteiger partial charge in [-0.1, -0.05) is 18.2 Å². The lowest BCUT2D eigenvalue weighted by Crippen LogP contribution is -2.63. The van der Waals surface area contributed by atoms with E-state index in [1.54, 1.807) is 32.0 Å². The van der Waals surface area contributed by atoms with Crippen LogP contribution in [-0.4, -0.2) is 63.1 Å². The van der Waals surface area contributed by atoms with E-state index in [1.807, 2.05) is 0 Å². The lowest BCUT2D eigenvalue weighted by molar-refractivity contribution is -0.301. The average molecular weight is 449 g/mol. The first-order valence-corrected chi connectivity index (χ1v) is 10.2. The number of nitrogens with one attached hydrogen (secondary N) is 1. The van der Waals surface area contributed by atoms with Gasteiger partial charge >= 0.3 is 0 Å². The van der Waals surface area contributed by atoms with Crippen molar-refractivity contribution >= 4 is 5.91 Å². The van der Waals surface area contributed by atoms with Gasteiger partial charge in [0.05, 0.1) is 11.7 Å². The maximum Gasteiger partial charge on any atom is 0.229 e. The number of amides is 1. The first kappa shape index (κ1) is 24.1. The first-order valence-electron chi connectivity index (χ1n) is 10.2. The predicted molar refractivity (Wildman–Crippen MR) is 113 cm³/mol. The minimum atomic E-state index is -1.51. The number of aliphatic hydroxyl groups excluding tert-OH is 4. The van der Waals surface area contributed by atoms with Crippen LogP contribution < -0.4 is 10.1 Å². The fraction of sp³-hybridized carbons (Fsp3) is 0.435. The van der Waals surface area contributed by atoms with Crippen molar-refractivity contribution in [3.05, 3.63) is 53.8 Å². The van der Waals surface area contributed by atoms with Gasteiger partial charge in [0.25, 0.3) is 0 Å². The van der Waals surface area contributed by atoms with Crippen LogP contribution >= 0.6 is 0 Å². The number of rotatable bonds is 6. The van der Waals surface area contributed by atoms with Crippen molar-refractivity contribution in [2.75, 3.05) is 6.54 Å². The quantitative estimate of drug-likeness (QED) is 0.449. The molecule has 32 heavy (non-hydrogen) atoms. The van der Waals surface area contributed by atoms with Crippen molar-refractivity contribution in [3.63, 3.8) is 0 Å². The molecule has 1 unspecified atom stereocenters. The number of aliphatic hydroxyl groups is 4. The van der Waals surface area contributed by atoms with Crippen LogP contribution in [0, 0.1) is 5.82 Å². The molecule has 0 saturated carbocycles. The molecular formula is C23H28FNO7. The number of hydrogen-bond donors (Lipinski definition) is 5. The summed E-state index contributed by atoms with van der Waals surface area (Å²) in [5, 5.41) is 43.7. The number of hydrogen-bond acceptors (Lipinski definition) is 7. The molecule has 1 aliphatic heterocycles. The van der Waals surface area contributed by atoms with Crippen LogP contribution in [0.4, 0.5) is 4.39 Å². The van der Waals surface area contributed by atoms with Crippen molar-refractivity contribution in [3.8, 4) is 16.9 Å². The van der Waals surface area contributed by atoms with E-state index in [4.69, 9.17) is 9.47 Å². The first-order chi connectivity index (χ1) is 15.0. The fourth-order valence-corrected chi connectivity index (χ4v) is 3.58. The summed E-state index contributed by atoms with van der Waals surface area (Å²) in [5.74, 6) is -0.549. The second-order valence-corrected chi connectivity index (χ2v) is 8.35. The Hall–Kier alpha value is -2.56. The molecule has 174 valence electrons. The van der Waals surface area contributed by atoms with Crippen LogP contribution in [0.15, 0.2) is 42.5 Å². The van der Waals surface area contributed by atoms with Crippen molar-refractivity contribution in [2.45, 2.75) is 57.1 Å². The second kappa shape index (κ2) is 9.51. The van der Waals surface area contributed by atoms with Crippen LogP contribution in [0.3, 0.4) is 0 Å². The second-order valence-electron chi connectivity index (χ2n) is 8.35. The van der Waals surface area contributed by atoms with E-state index in [1.165, 1.54) is 31.2 Å². The third-order valence-corrected chi connectivity index (χ3v) is 5.40. The van der Waals surface area contributed by atoms with E-state index < -0.39 is 42.1 Å². The molecule has 2 aromatic carbocycles. The Kier molecular flexibility index (Phi) is 7.16. The molecule has 0 radical (unpaired) electrons. The van der Waals surface area contributed by atoms with E-state index in [2.05, 4.69) is 5.32 Å². The Morgan fingerprint density at radius 1 is 1.19 bits per heavy atom. The van der Waals surface area contributed by atoms with Gasteiger partial charge in [0.1, 0.15) is 29.9 Å². The molecule has 0 spiro atoms. The van der Waals surface area contributed by atoms with E-state index in [0.717, 1.165) is 0 Å². The Morgan fingerprint density at radius 2 is 1.91 bits per heavy atom. The zero-order valence-corrected chi connectivity index (χ0v) is 18.0. The van der Waals surface area contributed by atoms with Gasteiger partial charge in [-0.2, -0.15) is 0 Å². The zero-order valence-electron chi connectivity index (χ0n) is 18.0. The molecule has 1 amide bonds. The maximum atomic E-state index is 13.9. The molecule has 8 nitrogen and oxygen atoms in total. The molecular weight excluding hydrogens is 421 g/mol. The molecule has 0 aliphatic carbocycles. The summed E-state index contributed by atoms with van der Waals surface area (Å²) in [6, 6.07) is 10.4. The minimum Gasteiger partial charge on any atom is -0.462 e. The van der Waals surface area contributed by atoms with E-state index in [0.29, 0.717) is 16.7 Å². The average Bonchev–Trinajstić information content (AvgIpc) is 2.74. The summed E-state index contributed by atoms with van der Waals surface area (Å²) in [6.45, 7) is 4.41. The summed E-state index contributed by atoms with van der Waals surface area (Å²) in [5.41, 5.74) is 0.166. The molecule has 1 aliphatic rings. The number of carbonyl (C=O) groups excluding carboxylic acids is 1. The smallest absolute Gasteiger partial charge is 0.229 e. The molecule has 0 aromatic heterocycles. The lowest BCUT2D eigenvalue weighted by atomic mass is 9.90. The molecule has 9 heteroatoms. The summed E-state index contributed by atoms with van der Waals surface area (Å²) >= 11 is 0. The highest BCUT2D eigenvalue weighted by Crippen LogP contribution is 2.35. The molecule has 1 fully saturated rings. The van der Waals surface area contributed by atoms with Crippen molar-refractivity contribution < 1.29 is 39.1 Å². The van der Waals surface area contributed by atoms with Gasteiger partial charge in [-0.3, -0.25) is 4.79 Å². The number of ether oxygens (including phenoxy) is 2. The molecule has 5 N–H and O–H groups in total. The van der Waals surface area contributed by atoms with Gasteiger partial charge in [-0.15, -0.1) is 0 Å². The largest absolute Gasteiger partial charge is 0.462 e. The van der Waals surface area contributed by atoms with E-state index in [-0.39, 0.29) is 18.2 Å². The van der Waals surface area contributed by atoms with E-state index >= 15 is 0 Å². The predicted octanol–water partition coefficient (Wildman–Crippen LogP) is 1.26. The van der Waals surface area contributed by atoms with Gasteiger partial charge in [0.2, 0.25) is 12.2 Å². The Morgan fingerprint density at radius 3 is 2.56 bits per heavy atom. The van der Waals surface area contributed by atoms with Crippen molar-refractivity contribution in [2.24, 2.45) is 0 Å². The molecule has 1 heterocycles. The van der Waals surface area contributed by atoms with Gasteiger partial charge in [-0.25, -0.2) is 4.39 Å². The SMILES string of the molecule is CC(=O)NCC(O)c1ccc(O[C@@H]2OC(C)(C)[C@H](O)[C@@H](O)[C@H]2O)cc1-c1cccc(F)c1. The van der Waals surface area contributed by atoms with Crippen molar-refractivity contribution in [1.29, 1.82) is 0 Å². The molecule has 2 aromatic rings. The Balaban J connectivity index is 1.94. The number of benzene rings is 2. The number of carbonyl (C=O) groups is 1. The van der Waals surface area contributed by atoms with Gasteiger partial charge < -0.3 is 35.2 Å². The van der Waals surface area contributed by atoms with Crippen LogP contribution in [0.25, 0.3) is 11.1 Å². The van der Waals surface area contributed by atoms with Crippen LogP contribution in [-0.2, 0) is 9.53 Å². The maximum absolute atomic E-state index is 13.9. The lowest BCUT2D eigenvalue weighted by Gasteiger charge is -2.44. The molecule has 3 rings (SSSR count). The van der Waals surface area contributed by atoms with Gasteiger partial charge in [0, 0.05) is 13.5 Å². The highest BCUT2D eigenvalue weighted by Gasteiger charge is 2.49. The third-order valence-electron chi connectivity index (χ3n) is 5.40.